The van der Waals surface area contributed by atoms with E-state index < -0.39 is 0 Å². The number of piperazine rings is 1. The van der Waals surface area contributed by atoms with Gasteiger partial charge in [0.2, 0.25) is 11.8 Å². The predicted octanol–water partition coefficient (Wildman–Crippen LogP) is 2.25. The summed E-state index contributed by atoms with van der Waals surface area (Å²) in [4.78, 5) is 33.0. The van der Waals surface area contributed by atoms with Gasteiger partial charge in [0.25, 0.3) is 0 Å². The highest BCUT2D eigenvalue weighted by atomic mass is 32.2. The molecule has 7 nitrogen and oxygen atoms in total. The van der Waals surface area contributed by atoms with Crippen LogP contribution in [0.3, 0.4) is 0 Å². The van der Waals surface area contributed by atoms with Gasteiger partial charge in [-0.15, -0.1) is 0 Å². The van der Waals surface area contributed by atoms with Crippen LogP contribution in [0.5, 0.6) is 0 Å². The first-order chi connectivity index (χ1) is 14.5. The van der Waals surface area contributed by atoms with Crippen molar-refractivity contribution in [2.75, 3.05) is 45.0 Å². The van der Waals surface area contributed by atoms with Gasteiger partial charge >= 0.3 is 0 Å². The van der Waals surface area contributed by atoms with Gasteiger partial charge in [-0.3, -0.25) is 19.1 Å². The fraction of sp³-hybridized carbons (Fsp3) is 0.500. The maximum atomic E-state index is 12.7. The number of rotatable bonds is 8. The van der Waals surface area contributed by atoms with Crippen molar-refractivity contribution in [3.63, 3.8) is 0 Å². The fourth-order valence-electron chi connectivity index (χ4n) is 3.36. The highest BCUT2D eigenvalue weighted by Crippen LogP contribution is 2.22. The predicted molar refractivity (Wildman–Crippen MR) is 120 cm³/mol. The molecule has 2 heterocycles. The molecule has 0 bridgehead atoms. The standard InChI is InChI=1S/C22H31N5O2S/c1-4-7-23-20(28)15-25-10-12-26(13-11-25)21(29)16-30-22-24-8-9-27(22)19-6-5-17(2)18(3)14-19/h5-6,8-9,14H,4,7,10-13,15-16H2,1-3H3,(H,23,28). The topological polar surface area (TPSA) is 70.5 Å². The Balaban J connectivity index is 1.49. The molecule has 0 unspecified atom stereocenters. The molecule has 1 aromatic carbocycles. The molecule has 2 aromatic rings. The number of aryl methyl sites for hydroxylation is 2. The van der Waals surface area contributed by atoms with E-state index >= 15 is 0 Å². The second kappa shape index (κ2) is 10.6. The first-order valence-corrected chi connectivity index (χ1v) is 11.5. The van der Waals surface area contributed by atoms with Crippen LogP contribution < -0.4 is 5.32 Å². The highest BCUT2D eigenvalue weighted by Gasteiger charge is 2.22. The van der Waals surface area contributed by atoms with Crippen LogP contribution in [0, 0.1) is 13.8 Å². The molecule has 0 spiro atoms. The molecule has 0 saturated carbocycles. The molecule has 1 fully saturated rings. The molecule has 30 heavy (non-hydrogen) atoms. The van der Waals surface area contributed by atoms with Crippen molar-refractivity contribution < 1.29 is 9.59 Å². The van der Waals surface area contributed by atoms with E-state index in [1.807, 2.05) is 22.6 Å². The number of benzene rings is 1. The Morgan fingerprint density at radius 3 is 2.60 bits per heavy atom. The summed E-state index contributed by atoms with van der Waals surface area (Å²) >= 11 is 1.46. The summed E-state index contributed by atoms with van der Waals surface area (Å²) in [6.07, 6.45) is 4.64. The summed E-state index contributed by atoms with van der Waals surface area (Å²) in [7, 11) is 0. The van der Waals surface area contributed by atoms with Crippen molar-refractivity contribution in [1.29, 1.82) is 0 Å². The van der Waals surface area contributed by atoms with Crippen LogP contribution in [0.25, 0.3) is 5.69 Å². The minimum Gasteiger partial charge on any atom is -0.355 e. The molecule has 1 aliphatic rings. The van der Waals surface area contributed by atoms with Crippen molar-refractivity contribution >= 4 is 23.6 Å². The lowest BCUT2D eigenvalue weighted by molar-refractivity contribution is -0.130. The van der Waals surface area contributed by atoms with E-state index in [1.165, 1.54) is 22.9 Å². The van der Waals surface area contributed by atoms with Crippen LogP contribution in [0.4, 0.5) is 0 Å². The van der Waals surface area contributed by atoms with Gasteiger partial charge in [0.1, 0.15) is 0 Å². The Kier molecular flexibility index (Phi) is 7.93. The Morgan fingerprint density at radius 1 is 1.13 bits per heavy atom. The van der Waals surface area contributed by atoms with Crippen molar-refractivity contribution in [3.8, 4) is 5.69 Å². The van der Waals surface area contributed by atoms with Crippen LogP contribution in [0.15, 0.2) is 35.7 Å². The number of carbonyl (C=O) groups is 2. The van der Waals surface area contributed by atoms with E-state index in [2.05, 4.69) is 47.2 Å². The third kappa shape index (κ3) is 5.86. The third-order valence-corrected chi connectivity index (χ3v) is 6.32. The zero-order valence-corrected chi connectivity index (χ0v) is 18.9. The fourth-order valence-corrected chi connectivity index (χ4v) is 4.24. The van der Waals surface area contributed by atoms with Gasteiger partial charge in [0, 0.05) is 50.8 Å². The van der Waals surface area contributed by atoms with E-state index in [9.17, 15) is 9.59 Å². The normalized spacial score (nSPS) is 14.7. The summed E-state index contributed by atoms with van der Waals surface area (Å²) in [6, 6.07) is 6.32. The number of amides is 2. The Morgan fingerprint density at radius 2 is 1.90 bits per heavy atom. The van der Waals surface area contributed by atoms with Gasteiger partial charge in [0.15, 0.2) is 5.16 Å². The third-order valence-electron chi connectivity index (χ3n) is 5.36. The smallest absolute Gasteiger partial charge is 0.234 e. The van der Waals surface area contributed by atoms with E-state index in [1.54, 1.807) is 6.20 Å². The SMILES string of the molecule is CCCNC(=O)CN1CCN(C(=O)CSc2nccn2-c2ccc(C)c(C)c2)CC1. The molecule has 1 saturated heterocycles. The number of aromatic nitrogens is 2. The molecule has 1 aromatic heterocycles. The molecule has 1 aliphatic heterocycles. The van der Waals surface area contributed by atoms with E-state index in [-0.39, 0.29) is 11.8 Å². The minimum absolute atomic E-state index is 0.0605. The number of imidazole rings is 1. The molecule has 0 aliphatic carbocycles. The highest BCUT2D eigenvalue weighted by molar-refractivity contribution is 7.99. The molecule has 3 rings (SSSR count). The Labute approximate surface area is 182 Å². The summed E-state index contributed by atoms with van der Waals surface area (Å²) in [5.41, 5.74) is 3.54. The van der Waals surface area contributed by atoms with Gasteiger partial charge in [-0.2, -0.15) is 0 Å². The number of nitrogens with one attached hydrogen (secondary N) is 1. The molecular formula is C22H31N5O2S. The second-order valence-electron chi connectivity index (χ2n) is 7.64. The zero-order valence-electron chi connectivity index (χ0n) is 18.1. The molecule has 2 amide bonds. The lowest BCUT2D eigenvalue weighted by atomic mass is 10.1. The summed E-state index contributed by atoms with van der Waals surface area (Å²) in [5, 5.41) is 3.72. The van der Waals surface area contributed by atoms with Crippen molar-refractivity contribution in [2.24, 2.45) is 0 Å². The first kappa shape index (κ1) is 22.4. The first-order valence-electron chi connectivity index (χ1n) is 10.5. The van der Waals surface area contributed by atoms with Gasteiger partial charge in [-0.1, -0.05) is 24.8 Å². The molecule has 0 atom stereocenters. The van der Waals surface area contributed by atoms with Crippen LogP contribution in [0.1, 0.15) is 24.5 Å². The molecule has 0 radical (unpaired) electrons. The molecule has 8 heteroatoms. The number of carbonyl (C=O) groups excluding carboxylic acids is 2. The van der Waals surface area contributed by atoms with Crippen LogP contribution in [-0.2, 0) is 9.59 Å². The van der Waals surface area contributed by atoms with E-state index in [0.29, 0.717) is 31.9 Å². The Hall–Kier alpha value is -2.32. The van der Waals surface area contributed by atoms with Crippen molar-refractivity contribution in [2.45, 2.75) is 32.3 Å². The summed E-state index contributed by atoms with van der Waals surface area (Å²) in [6.45, 7) is 10.1. The van der Waals surface area contributed by atoms with Crippen molar-refractivity contribution in [3.05, 3.63) is 41.7 Å². The largest absolute Gasteiger partial charge is 0.355 e. The number of hydrogen-bond acceptors (Lipinski definition) is 5. The van der Waals surface area contributed by atoms with Gasteiger partial charge in [0.05, 0.1) is 12.3 Å². The summed E-state index contributed by atoms with van der Waals surface area (Å²) < 4.78 is 2.03. The monoisotopic (exact) mass is 429 g/mol. The van der Waals surface area contributed by atoms with Crippen LogP contribution >= 0.6 is 11.8 Å². The molecule has 162 valence electrons. The number of thioether (sulfide) groups is 1. The van der Waals surface area contributed by atoms with Gasteiger partial charge in [-0.25, -0.2) is 4.98 Å². The number of hydrogen-bond donors (Lipinski definition) is 1. The molecule has 1 N–H and O–H groups in total. The zero-order chi connectivity index (χ0) is 21.5. The average molecular weight is 430 g/mol. The van der Waals surface area contributed by atoms with Gasteiger partial charge < -0.3 is 10.2 Å². The van der Waals surface area contributed by atoms with E-state index in [0.717, 1.165) is 30.4 Å². The van der Waals surface area contributed by atoms with Gasteiger partial charge in [-0.05, 0) is 43.5 Å². The number of nitrogens with zero attached hydrogens (tertiary/aromatic N) is 4. The van der Waals surface area contributed by atoms with Crippen LogP contribution in [-0.4, -0.2) is 76.2 Å². The summed E-state index contributed by atoms with van der Waals surface area (Å²) in [5.74, 6) is 0.536. The lowest BCUT2D eigenvalue weighted by Gasteiger charge is -2.34. The second-order valence-corrected chi connectivity index (χ2v) is 8.59. The quantitative estimate of drug-likeness (QED) is 0.652. The minimum atomic E-state index is 0.0605. The van der Waals surface area contributed by atoms with Crippen molar-refractivity contribution in [1.82, 2.24) is 24.7 Å². The average Bonchev–Trinajstić information content (AvgIpc) is 3.21. The molecular weight excluding hydrogens is 398 g/mol. The lowest BCUT2D eigenvalue weighted by Crippen LogP contribution is -2.51. The maximum absolute atomic E-state index is 12.7. The Bertz CT molecular complexity index is 874. The maximum Gasteiger partial charge on any atom is 0.234 e. The van der Waals surface area contributed by atoms with Crippen LogP contribution in [0.2, 0.25) is 0 Å². The van der Waals surface area contributed by atoms with E-state index in [4.69, 9.17) is 0 Å².